The Kier molecular flexibility index (Phi) is 10.3. The van der Waals surface area contributed by atoms with Crippen LogP contribution in [-0.4, -0.2) is 73.4 Å². The second-order valence-corrected chi connectivity index (χ2v) is 11.6. The van der Waals surface area contributed by atoms with E-state index in [0.717, 1.165) is 25.3 Å². The molecule has 1 aromatic carbocycles. The van der Waals surface area contributed by atoms with E-state index in [1.165, 1.54) is 24.8 Å². The van der Waals surface area contributed by atoms with Crippen molar-refractivity contribution in [1.29, 1.82) is 0 Å². The summed E-state index contributed by atoms with van der Waals surface area (Å²) in [4.78, 5) is 30.2. The van der Waals surface area contributed by atoms with Gasteiger partial charge < -0.3 is 29.9 Å². The molecule has 3 rings (SSSR count). The average Bonchev–Trinajstić information content (AvgIpc) is 2.88. The van der Waals surface area contributed by atoms with E-state index in [-0.39, 0.29) is 36.6 Å². The molecule has 12 heteroatoms. The topological polar surface area (TPSA) is 83.1 Å². The van der Waals surface area contributed by atoms with Gasteiger partial charge in [0.25, 0.3) is 11.8 Å². The summed E-state index contributed by atoms with van der Waals surface area (Å²) in [5, 5.41) is 6.09. The van der Waals surface area contributed by atoms with E-state index >= 15 is 0 Å². The number of nitrogens with zero attached hydrogens (tertiary/aromatic N) is 2. The third-order valence-corrected chi connectivity index (χ3v) is 7.98. The zero-order valence-corrected chi connectivity index (χ0v) is 24.9. The highest BCUT2D eigenvalue weighted by molar-refractivity contribution is 7.80. The van der Waals surface area contributed by atoms with Crippen LogP contribution in [0.1, 0.15) is 75.7 Å². The van der Waals surface area contributed by atoms with E-state index in [1.807, 2.05) is 13.8 Å². The molecular weight excluding hydrogens is 545 g/mol. The maximum absolute atomic E-state index is 14.4. The molecule has 2 N–H and O–H groups in total. The molecule has 40 heavy (non-hydrogen) atoms. The van der Waals surface area contributed by atoms with Crippen molar-refractivity contribution in [2.75, 3.05) is 38.8 Å². The molecule has 2 aliphatic rings. The molecule has 1 aliphatic heterocycles. The molecular formula is C28H41F3N4O4S. The van der Waals surface area contributed by atoms with Crippen LogP contribution in [0.2, 0.25) is 0 Å². The monoisotopic (exact) mass is 586 g/mol. The number of carbonyl (C=O) groups is 2. The van der Waals surface area contributed by atoms with Gasteiger partial charge in [0.2, 0.25) is 0 Å². The minimum atomic E-state index is -4.80. The van der Waals surface area contributed by atoms with Gasteiger partial charge in [-0.05, 0) is 90.1 Å². The van der Waals surface area contributed by atoms with Crippen LogP contribution in [0.15, 0.2) is 12.1 Å². The highest BCUT2D eigenvalue weighted by atomic mass is 32.1. The number of alkyl halides is 3. The summed E-state index contributed by atoms with van der Waals surface area (Å²) in [5.74, 6) is -0.749. The summed E-state index contributed by atoms with van der Waals surface area (Å²) in [5.41, 5.74) is -2.82. The van der Waals surface area contributed by atoms with Crippen LogP contribution in [0, 0.1) is 5.92 Å². The van der Waals surface area contributed by atoms with Gasteiger partial charge in [-0.3, -0.25) is 9.59 Å². The van der Waals surface area contributed by atoms with Crippen molar-refractivity contribution >= 4 is 34.8 Å². The molecule has 0 radical (unpaired) electrons. The van der Waals surface area contributed by atoms with Gasteiger partial charge in [0, 0.05) is 45.9 Å². The molecule has 8 nitrogen and oxygen atoms in total. The fraction of sp³-hybridized carbons (Fsp3) is 0.679. The number of rotatable bonds is 9. The predicted octanol–water partition coefficient (Wildman–Crippen LogP) is 4.75. The summed E-state index contributed by atoms with van der Waals surface area (Å²) < 4.78 is 54.2. The second-order valence-electron chi connectivity index (χ2n) is 11.2. The molecule has 0 saturated heterocycles. The third-order valence-electron chi connectivity index (χ3n) is 7.63. The van der Waals surface area contributed by atoms with Gasteiger partial charge in [-0.15, -0.1) is 0 Å². The van der Waals surface area contributed by atoms with Gasteiger partial charge in [-0.25, -0.2) is 0 Å². The molecule has 2 amide bonds. The first-order valence-corrected chi connectivity index (χ1v) is 14.2. The number of benzene rings is 1. The van der Waals surface area contributed by atoms with Crippen molar-refractivity contribution in [2.45, 2.75) is 83.7 Å². The van der Waals surface area contributed by atoms with Gasteiger partial charge >= 0.3 is 6.18 Å². The zero-order chi connectivity index (χ0) is 29.8. The Balaban J connectivity index is 2.01. The first kappa shape index (κ1) is 31.9. The van der Waals surface area contributed by atoms with Crippen LogP contribution in [0.5, 0.6) is 5.75 Å². The SMILES string of the molecule is CNC(=S)NCCN1C(=O)C(C)(C)Oc2cc(C(F)(F)F)c(C(=O)N(C(C)C)C3CCC(CCOC)CC3)cc21. The fourth-order valence-corrected chi connectivity index (χ4v) is 5.68. The second kappa shape index (κ2) is 12.9. The van der Waals surface area contributed by atoms with Gasteiger partial charge in [0.15, 0.2) is 10.7 Å². The molecule has 1 saturated carbocycles. The number of ether oxygens (including phenoxy) is 2. The number of hydrogen-bond donors (Lipinski definition) is 2. The van der Waals surface area contributed by atoms with Crippen LogP contribution in [0.3, 0.4) is 0 Å². The maximum atomic E-state index is 14.4. The molecule has 0 atom stereocenters. The molecule has 0 bridgehead atoms. The molecule has 0 spiro atoms. The van der Waals surface area contributed by atoms with Crippen LogP contribution in [0.25, 0.3) is 0 Å². The quantitative estimate of drug-likeness (QED) is 0.404. The van der Waals surface area contributed by atoms with E-state index < -0.39 is 34.7 Å². The van der Waals surface area contributed by atoms with Gasteiger partial charge in [-0.1, -0.05) is 0 Å². The normalized spacial score (nSPS) is 20.6. The lowest BCUT2D eigenvalue weighted by Gasteiger charge is -2.41. The van der Waals surface area contributed by atoms with Crippen molar-refractivity contribution in [3.8, 4) is 5.75 Å². The number of methoxy groups -OCH3 is 1. The highest BCUT2D eigenvalue weighted by Gasteiger charge is 2.45. The highest BCUT2D eigenvalue weighted by Crippen LogP contribution is 2.44. The van der Waals surface area contributed by atoms with Gasteiger partial charge in [0.1, 0.15) is 5.75 Å². The number of halogens is 3. The van der Waals surface area contributed by atoms with Crippen molar-refractivity contribution in [3.63, 3.8) is 0 Å². The van der Waals surface area contributed by atoms with Crippen molar-refractivity contribution in [1.82, 2.24) is 15.5 Å². The maximum Gasteiger partial charge on any atom is 0.417 e. The van der Waals surface area contributed by atoms with Crippen LogP contribution >= 0.6 is 12.2 Å². The Morgan fingerprint density at radius 1 is 1.25 bits per heavy atom. The van der Waals surface area contributed by atoms with Gasteiger partial charge in [0.05, 0.1) is 16.8 Å². The van der Waals surface area contributed by atoms with E-state index in [0.29, 0.717) is 30.5 Å². The van der Waals surface area contributed by atoms with E-state index in [9.17, 15) is 22.8 Å². The van der Waals surface area contributed by atoms with Crippen molar-refractivity contribution < 1.29 is 32.2 Å². The third kappa shape index (κ3) is 7.18. The smallest absolute Gasteiger partial charge is 0.417 e. The Bertz CT molecular complexity index is 1090. The number of anilines is 1. The lowest BCUT2D eigenvalue weighted by molar-refractivity contribution is -0.138. The molecule has 1 aromatic rings. The van der Waals surface area contributed by atoms with Crippen LogP contribution in [0.4, 0.5) is 18.9 Å². The summed E-state index contributed by atoms with van der Waals surface area (Å²) in [6.45, 7) is 7.67. The predicted molar refractivity (Wildman–Crippen MR) is 152 cm³/mol. The van der Waals surface area contributed by atoms with Crippen LogP contribution < -0.4 is 20.3 Å². The molecule has 1 aliphatic carbocycles. The summed E-state index contributed by atoms with van der Waals surface area (Å²) in [7, 11) is 3.31. The Morgan fingerprint density at radius 3 is 2.45 bits per heavy atom. The van der Waals surface area contributed by atoms with Crippen molar-refractivity contribution in [3.05, 3.63) is 23.3 Å². The summed E-state index contributed by atoms with van der Waals surface area (Å²) in [6.07, 6.45) is -0.690. The molecule has 1 heterocycles. The standard InChI is InChI=1S/C28H41F3N4O4S/c1-17(2)35(19-9-7-18(8-10-19)11-14-38-6)24(36)20-15-22-23(16-21(20)28(29,30)31)39-27(3,4)25(37)34(22)13-12-33-26(40)32-5/h15-19H,7-14H2,1-6H3,(H2,32,33,40). The lowest BCUT2D eigenvalue weighted by atomic mass is 9.83. The largest absolute Gasteiger partial charge is 0.476 e. The molecule has 1 fully saturated rings. The van der Waals surface area contributed by atoms with Crippen molar-refractivity contribution in [2.24, 2.45) is 5.92 Å². The number of carbonyl (C=O) groups excluding carboxylic acids is 2. The first-order valence-electron chi connectivity index (χ1n) is 13.7. The number of fused-ring (bicyclic) bond motifs is 1. The fourth-order valence-electron chi connectivity index (χ4n) is 5.57. The first-order chi connectivity index (χ1) is 18.7. The number of nitrogens with one attached hydrogen (secondary N) is 2. The molecule has 0 unspecified atom stereocenters. The number of hydrogen-bond acceptors (Lipinski definition) is 5. The Morgan fingerprint density at radius 2 is 1.90 bits per heavy atom. The van der Waals surface area contributed by atoms with Gasteiger partial charge in [-0.2, -0.15) is 13.2 Å². The summed E-state index contributed by atoms with van der Waals surface area (Å²) in [6, 6.07) is 1.53. The molecule has 0 aromatic heterocycles. The average molecular weight is 587 g/mol. The van der Waals surface area contributed by atoms with Crippen LogP contribution in [-0.2, 0) is 15.7 Å². The molecule has 224 valence electrons. The zero-order valence-electron chi connectivity index (χ0n) is 24.1. The Labute approximate surface area is 239 Å². The van der Waals surface area contributed by atoms with E-state index in [4.69, 9.17) is 21.7 Å². The minimum absolute atomic E-state index is 0.0978. The minimum Gasteiger partial charge on any atom is -0.476 e. The number of thiocarbonyl (C=S) groups is 1. The summed E-state index contributed by atoms with van der Waals surface area (Å²) >= 11 is 5.10. The lowest BCUT2D eigenvalue weighted by Crippen LogP contribution is -2.54. The Hall–Kier alpha value is -2.60. The van der Waals surface area contributed by atoms with E-state index in [1.54, 1.807) is 19.1 Å². The van der Waals surface area contributed by atoms with E-state index in [2.05, 4.69) is 10.6 Å². The number of amides is 2.